The number of hydrazine groups is 1. The number of hydrogen-bond acceptors (Lipinski definition) is 6. The Morgan fingerprint density at radius 3 is 2.71 bits per heavy atom. The van der Waals surface area contributed by atoms with Gasteiger partial charge in [-0.2, -0.15) is 5.10 Å². The first-order valence-electron chi connectivity index (χ1n) is 6.92. The van der Waals surface area contributed by atoms with Gasteiger partial charge in [0, 0.05) is 25.4 Å². The number of nitrogens with one attached hydrogen (secondary N) is 1. The predicted molar refractivity (Wildman–Crippen MR) is 76.9 cm³/mol. The zero-order chi connectivity index (χ0) is 14.7. The molecule has 3 heterocycles. The second-order valence-electron chi connectivity index (χ2n) is 4.90. The molecule has 0 bridgehead atoms. The summed E-state index contributed by atoms with van der Waals surface area (Å²) in [5.41, 5.74) is 2.30. The summed E-state index contributed by atoms with van der Waals surface area (Å²) in [4.78, 5) is 22.2. The van der Waals surface area contributed by atoms with Crippen molar-refractivity contribution in [2.45, 2.75) is 19.3 Å². The van der Waals surface area contributed by atoms with Crippen molar-refractivity contribution in [2.24, 2.45) is 5.84 Å². The van der Waals surface area contributed by atoms with Gasteiger partial charge in [-0.05, 0) is 25.3 Å². The van der Waals surface area contributed by atoms with Crippen LogP contribution in [0, 0.1) is 0 Å². The van der Waals surface area contributed by atoms with Crippen molar-refractivity contribution in [3.63, 3.8) is 0 Å². The second kappa shape index (κ2) is 5.88. The molecule has 2 aromatic rings. The number of nitrogens with two attached hydrogens (primary N) is 1. The van der Waals surface area contributed by atoms with Gasteiger partial charge in [0.1, 0.15) is 12.1 Å². The van der Waals surface area contributed by atoms with Crippen LogP contribution in [0.2, 0.25) is 0 Å². The van der Waals surface area contributed by atoms with Crippen LogP contribution in [0.4, 0.5) is 5.82 Å². The van der Waals surface area contributed by atoms with E-state index in [-0.39, 0.29) is 5.69 Å². The monoisotopic (exact) mass is 287 g/mol. The summed E-state index contributed by atoms with van der Waals surface area (Å²) in [6.45, 7) is 2.02. The lowest BCUT2D eigenvalue weighted by Gasteiger charge is -2.27. The molecule has 8 nitrogen and oxygen atoms in total. The van der Waals surface area contributed by atoms with Gasteiger partial charge in [-0.3, -0.25) is 10.2 Å². The first-order valence-corrected chi connectivity index (χ1v) is 6.92. The van der Waals surface area contributed by atoms with Gasteiger partial charge < -0.3 is 4.90 Å². The van der Waals surface area contributed by atoms with Gasteiger partial charge in [-0.1, -0.05) is 0 Å². The first kappa shape index (κ1) is 13.5. The molecule has 1 aliphatic heterocycles. The van der Waals surface area contributed by atoms with E-state index in [1.807, 2.05) is 6.07 Å². The average Bonchev–Trinajstić information content (AvgIpc) is 3.05. The molecule has 21 heavy (non-hydrogen) atoms. The Kier molecular flexibility index (Phi) is 3.78. The summed E-state index contributed by atoms with van der Waals surface area (Å²) in [6.07, 6.45) is 6.82. The highest BCUT2D eigenvalue weighted by atomic mass is 16.2. The lowest BCUT2D eigenvalue weighted by molar-refractivity contribution is 0.0948. The number of amides is 1. The minimum Gasteiger partial charge on any atom is -0.356 e. The van der Waals surface area contributed by atoms with Gasteiger partial charge in [0.15, 0.2) is 11.5 Å². The van der Waals surface area contributed by atoms with Crippen molar-refractivity contribution in [2.75, 3.05) is 18.0 Å². The van der Waals surface area contributed by atoms with Gasteiger partial charge in [0.05, 0.1) is 0 Å². The average molecular weight is 287 g/mol. The number of nitrogens with zero attached hydrogens (tertiary/aromatic N) is 5. The van der Waals surface area contributed by atoms with Crippen LogP contribution in [-0.2, 0) is 0 Å². The molecule has 0 radical (unpaired) electrons. The van der Waals surface area contributed by atoms with E-state index < -0.39 is 5.91 Å². The number of piperidine rings is 1. The van der Waals surface area contributed by atoms with Crippen LogP contribution >= 0.6 is 0 Å². The molecule has 1 aliphatic rings. The number of carbonyl (C=O) groups excluding carboxylic acids is 1. The predicted octanol–water partition coefficient (Wildman–Crippen LogP) is 0.256. The SMILES string of the molecule is NNC(=O)c1ccn(-c2cc(N3CCCCC3)ncn2)n1. The molecule has 1 saturated heterocycles. The van der Waals surface area contributed by atoms with Crippen molar-refractivity contribution < 1.29 is 4.79 Å². The summed E-state index contributed by atoms with van der Waals surface area (Å²) < 4.78 is 1.54. The fourth-order valence-electron chi connectivity index (χ4n) is 2.40. The number of hydrogen-bond donors (Lipinski definition) is 2. The number of nitrogen functional groups attached to an aromatic ring is 1. The van der Waals surface area contributed by atoms with Gasteiger partial charge in [0.2, 0.25) is 0 Å². The third-order valence-corrected chi connectivity index (χ3v) is 3.51. The fourth-order valence-corrected chi connectivity index (χ4v) is 2.40. The third-order valence-electron chi connectivity index (χ3n) is 3.51. The van der Waals surface area contributed by atoms with E-state index in [0.717, 1.165) is 18.9 Å². The fraction of sp³-hybridized carbons (Fsp3) is 0.385. The Bertz CT molecular complexity index is 633. The van der Waals surface area contributed by atoms with Gasteiger partial charge in [-0.15, -0.1) is 0 Å². The quantitative estimate of drug-likeness (QED) is 0.477. The maximum absolute atomic E-state index is 11.4. The molecular formula is C13H17N7O. The van der Waals surface area contributed by atoms with E-state index >= 15 is 0 Å². The molecule has 0 saturated carbocycles. The molecule has 0 aliphatic carbocycles. The van der Waals surface area contributed by atoms with Crippen LogP contribution in [0.15, 0.2) is 24.7 Å². The van der Waals surface area contributed by atoms with E-state index in [9.17, 15) is 4.79 Å². The molecule has 8 heteroatoms. The summed E-state index contributed by atoms with van der Waals surface area (Å²) in [7, 11) is 0. The smallest absolute Gasteiger partial charge is 0.285 e. The Hall–Kier alpha value is -2.48. The molecular weight excluding hydrogens is 270 g/mol. The zero-order valence-electron chi connectivity index (χ0n) is 11.6. The summed E-state index contributed by atoms with van der Waals surface area (Å²) >= 11 is 0. The van der Waals surface area contributed by atoms with Crippen LogP contribution in [0.1, 0.15) is 29.8 Å². The molecule has 2 aromatic heterocycles. The zero-order valence-corrected chi connectivity index (χ0v) is 11.6. The van der Waals surface area contributed by atoms with Crippen molar-refractivity contribution in [3.8, 4) is 5.82 Å². The highest BCUT2D eigenvalue weighted by Gasteiger charge is 2.14. The van der Waals surface area contributed by atoms with Gasteiger partial charge in [0.25, 0.3) is 5.91 Å². The van der Waals surface area contributed by atoms with E-state index in [4.69, 9.17) is 5.84 Å². The molecule has 1 fully saturated rings. The molecule has 3 N–H and O–H groups in total. The van der Waals surface area contributed by atoms with E-state index in [1.54, 1.807) is 16.9 Å². The summed E-state index contributed by atoms with van der Waals surface area (Å²) in [5, 5.41) is 4.15. The second-order valence-corrected chi connectivity index (χ2v) is 4.90. The lowest BCUT2D eigenvalue weighted by atomic mass is 10.1. The molecule has 110 valence electrons. The largest absolute Gasteiger partial charge is 0.356 e. The van der Waals surface area contributed by atoms with Crippen molar-refractivity contribution in [1.29, 1.82) is 0 Å². The Balaban J connectivity index is 1.85. The summed E-state index contributed by atoms with van der Waals surface area (Å²) in [6, 6.07) is 3.47. The van der Waals surface area contributed by atoms with Crippen molar-refractivity contribution in [1.82, 2.24) is 25.2 Å². The normalized spacial score (nSPS) is 15.0. The van der Waals surface area contributed by atoms with E-state index in [0.29, 0.717) is 5.82 Å². The maximum Gasteiger partial charge on any atom is 0.285 e. The molecule has 0 aromatic carbocycles. The standard InChI is InChI=1S/C13H17N7O/c14-17-13(21)10-4-7-20(18-10)12-8-11(15-9-16-12)19-5-2-1-3-6-19/h4,7-9H,1-3,5-6,14H2,(H,17,21). The topological polar surface area (TPSA) is 102 Å². The van der Waals surface area contributed by atoms with Gasteiger partial charge in [-0.25, -0.2) is 20.5 Å². The van der Waals surface area contributed by atoms with Crippen LogP contribution < -0.4 is 16.2 Å². The molecule has 0 unspecified atom stereocenters. The van der Waals surface area contributed by atoms with Gasteiger partial charge >= 0.3 is 0 Å². The Labute approximate surface area is 122 Å². The van der Waals surface area contributed by atoms with Crippen LogP contribution in [0.25, 0.3) is 5.82 Å². The van der Waals surface area contributed by atoms with Crippen LogP contribution in [-0.4, -0.2) is 38.7 Å². The molecule has 3 rings (SSSR count). The molecule has 0 atom stereocenters. The molecule has 1 amide bonds. The van der Waals surface area contributed by atoms with Crippen LogP contribution in [0.5, 0.6) is 0 Å². The van der Waals surface area contributed by atoms with E-state index in [2.05, 4.69) is 25.4 Å². The third kappa shape index (κ3) is 2.84. The van der Waals surface area contributed by atoms with E-state index in [1.165, 1.54) is 25.6 Å². The highest BCUT2D eigenvalue weighted by molar-refractivity contribution is 5.91. The number of aromatic nitrogens is 4. The minimum atomic E-state index is -0.431. The lowest BCUT2D eigenvalue weighted by Crippen LogP contribution is -2.30. The first-order chi connectivity index (χ1) is 10.3. The number of carbonyl (C=O) groups is 1. The number of rotatable bonds is 3. The Morgan fingerprint density at radius 2 is 1.95 bits per heavy atom. The summed E-state index contributed by atoms with van der Waals surface area (Å²) in [5.74, 6) is 6.18. The van der Waals surface area contributed by atoms with Crippen molar-refractivity contribution in [3.05, 3.63) is 30.4 Å². The minimum absolute atomic E-state index is 0.246. The van der Waals surface area contributed by atoms with Crippen LogP contribution in [0.3, 0.4) is 0 Å². The molecule has 0 spiro atoms. The highest BCUT2D eigenvalue weighted by Crippen LogP contribution is 2.18. The number of anilines is 1. The van der Waals surface area contributed by atoms with Crippen molar-refractivity contribution >= 4 is 11.7 Å². The maximum atomic E-state index is 11.4. The Morgan fingerprint density at radius 1 is 1.19 bits per heavy atom.